The number of likely N-dealkylation sites (N-methyl/N-ethyl adjacent to an activating group) is 2. The molecule has 0 radical (unpaired) electrons. The summed E-state index contributed by atoms with van der Waals surface area (Å²) in [7, 11) is 9.26. The number of rotatable bonds is 4. The number of fused-ring (bicyclic) bond motifs is 10. The average Bonchev–Trinajstić information content (AvgIpc) is 3.60. The first-order valence-corrected chi connectivity index (χ1v) is 19.1. The maximum atomic E-state index is 13.2. The van der Waals surface area contributed by atoms with Gasteiger partial charge in [-0.1, -0.05) is 50.2 Å². The van der Waals surface area contributed by atoms with Gasteiger partial charge in [-0.15, -0.1) is 0 Å². The highest BCUT2D eigenvalue weighted by Crippen LogP contribution is 2.63. The first-order valence-electron chi connectivity index (χ1n) is 19.1. The second-order valence-electron chi connectivity index (χ2n) is 16.3. The molecule has 0 amide bonds. The van der Waals surface area contributed by atoms with E-state index in [1.165, 1.54) is 28.4 Å². The van der Waals surface area contributed by atoms with Gasteiger partial charge >= 0.3 is 23.9 Å². The highest BCUT2D eigenvalue weighted by Gasteiger charge is 2.73. The lowest BCUT2D eigenvalue weighted by Crippen LogP contribution is -2.70. The summed E-state index contributed by atoms with van der Waals surface area (Å²) >= 11 is 0. The predicted molar refractivity (Wildman–Crippen MR) is 199 cm³/mol. The van der Waals surface area contributed by atoms with Crippen LogP contribution in [-0.2, 0) is 58.4 Å². The van der Waals surface area contributed by atoms with Gasteiger partial charge in [-0.3, -0.25) is 19.2 Å². The second kappa shape index (κ2) is 13.8. The molecule has 2 aromatic rings. The third kappa shape index (κ3) is 4.93. The summed E-state index contributed by atoms with van der Waals surface area (Å²) < 4.78 is 33.3. The molecule has 0 aromatic heterocycles. The van der Waals surface area contributed by atoms with Gasteiger partial charge in [0, 0.05) is 49.5 Å². The van der Waals surface area contributed by atoms with Crippen molar-refractivity contribution in [2.45, 2.75) is 87.5 Å². The van der Waals surface area contributed by atoms with Gasteiger partial charge in [0.05, 0.1) is 52.7 Å². The Kier molecular flexibility index (Phi) is 9.78. The molecule has 12 nitrogen and oxygen atoms in total. The molecule has 2 aromatic carbocycles. The molecule has 2 saturated carbocycles. The Labute approximate surface area is 317 Å². The number of esters is 4. The van der Waals surface area contributed by atoms with Crippen LogP contribution < -0.4 is 9.80 Å². The predicted octanol–water partition coefficient (Wildman–Crippen LogP) is 4.59. The Balaban J connectivity index is 0.000000167. The molecule has 54 heavy (non-hydrogen) atoms. The number of hydrogen-bond acceptors (Lipinski definition) is 12. The summed E-state index contributed by atoms with van der Waals surface area (Å²) in [5, 5.41) is 0. The smallest absolute Gasteiger partial charge is 0.325 e. The molecule has 0 N–H and O–H groups in total. The summed E-state index contributed by atoms with van der Waals surface area (Å²) in [6.07, 6.45) is 4.37. The van der Waals surface area contributed by atoms with E-state index in [9.17, 15) is 19.2 Å². The van der Waals surface area contributed by atoms with Crippen molar-refractivity contribution in [2.75, 3.05) is 65.5 Å². The van der Waals surface area contributed by atoms with Crippen molar-refractivity contribution < 1.29 is 47.6 Å². The van der Waals surface area contributed by atoms with E-state index in [0.717, 1.165) is 48.2 Å². The number of carbonyl (C=O) groups is 4. The molecule has 4 aliphatic heterocycles. The lowest BCUT2D eigenvalue weighted by atomic mass is 9.52. The topological polar surface area (TPSA) is 130 Å². The zero-order chi connectivity index (χ0) is 38.8. The Morgan fingerprint density at radius 1 is 0.593 bits per heavy atom. The van der Waals surface area contributed by atoms with Crippen molar-refractivity contribution in [2.24, 2.45) is 22.7 Å². The molecule has 292 valence electrons. The van der Waals surface area contributed by atoms with Crippen LogP contribution in [0.25, 0.3) is 0 Å². The van der Waals surface area contributed by atoms with E-state index >= 15 is 0 Å². The number of benzene rings is 2. The van der Waals surface area contributed by atoms with Gasteiger partial charge in [-0.05, 0) is 73.6 Å². The summed E-state index contributed by atoms with van der Waals surface area (Å²) in [6.45, 7) is 5.67. The van der Waals surface area contributed by atoms with Crippen molar-refractivity contribution in [1.82, 2.24) is 0 Å². The van der Waals surface area contributed by atoms with Gasteiger partial charge in [0.2, 0.25) is 0 Å². The van der Waals surface area contributed by atoms with Gasteiger partial charge in [-0.2, -0.15) is 0 Å². The molecule has 0 spiro atoms. The van der Waals surface area contributed by atoms with Gasteiger partial charge in [-0.25, -0.2) is 0 Å². The maximum absolute atomic E-state index is 13.2. The molecule has 8 rings (SSSR count). The zero-order valence-corrected chi connectivity index (χ0v) is 32.7. The van der Waals surface area contributed by atoms with Crippen LogP contribution in [0.3, 0.4) is 0 Å². The molecule has 0 unspecified atom stereocenters. The van der Waals surface area contributed by atoms with Gasteiger partial charge in [0.15, 0.2) is 10.8 Å². The second-order valence-corrected chi connectivity index (χ2v) is 16.3. The standard InChI is InChI=1S/2C21H27NO5/c2*1-20-14-9-5-6-10-15(14)22(2)17(20)21(18(23)25-3,19(24)26-4)12-13-8-7-11-27-16(13)20/h2*5-6,9-10,13,16-17H,7-8,11-12H2,1-4H3/t2*13-,16+,17+,20+/m10/s1. The van der Waals surface area contributed by atoms with Crippen molar-refractivity contribution in [3.63, 3.8) is 0 Å². The van der Waals surface area contributed by atoms with Crippen molar-refractivity contribution in [1.29, 1.82) is 0 Å². The third-order valence-electron chi connectivity index (χ3n) is 14.0. The molecular formula is C42H54N2O10. The number of anilines is 2. The van der Waals surface area contributed by atoms with Crippen LogP contribution in [0.15, 0.2) is 48.5 Å². The first kappa shape index (κ1) is 38.1. The monoisotopic (exact) mass is 746 g/mol. The number of hydrogen-bond donors (Lipinski definition) is 0. The van der Waals surface area contributed by atoms with Crippen molar-refractivity contribution in [3.05, 3.63) is 59.7 Å². The molecule has 4 heterocycles. The van der Waals surface area contributed by atoms with Gasteiger partial charge in [0.1, 0.15) is 0 Å². The first-order chi connectivity index (χ1) is 25.8. The third-order valence-corrected chi connectivity index (χ3v) is 14.0. The molecule has 12 heteroatoms. The van der Waals surface area contributed by atoms with E-state index in [1.807, 2.05) is 50.5 Å². The fourth-order valence-corrected chi connectivity index (χ4v) is 12.3. The Bertz CT molecular complexity index is 1650. The Morgan fingerprint density at radius 3 is 1.26 bits per heavy atom. The number of para-hydroxylation sites is 2. The van der Waals surface area contributed by atoms with Crippen LogP contribution in [0.5, 0.6) is 0 Å². The van der Waals surface area contributed by atoms with E-state index in [0.29, 0.717) is 26.1 Å². The highest BCUT2D eigenvalue weighted by molar-refractivity contribution is 6.03. The average molecular weight is 747 g/mol. The molecular weight excluding hydrogens is 692 g/mol. The normalized spacial score (nSPS) is 33.5. The molecule has 2 aliphatic carbocycles. The summed E-state index contributed by atoms with van der Waals surface area (Å²) in [5.74, 6) is -1.89. The largest absolute Gasteiger partial charge is 0.468 e. The van der Waals surface area contributed by atoms with Crippen molar-refractivity contribution in [3.8, 4) is 0 Å². The van der Waals surface area contributed by atoms with E-state index in [4.69, 9.17) is 28.4 Å². The van der Waals surface area contributed by atoms with Gasteiger partial charge < -0.3 is 38.2 Å². The lowest BCUT2D eigenvalue weighted by Gasteiger charge is -2.56. The number of nitrogens with zero attached hydrogens (tertiary/aromatic N) is 2. The fraction of sp³-hybridized carbons (Fsp3) is 0.619. The van der Waals surface area contributed by atoms with E-state index < -0.39 is 57.6 Å². The van der Waals surface area contributed by atoms with Crippen molar-refractivity contribution >= 4 is 35.3 Å². The van der Waals surface area contributed by atoms with Crippen LogP contribution in [0.1, 0.15) is 63.5 Å². The highest BCUT2D eigenvalue weighted by atomic mass is 16.6. The van der Waals surface area contributed by atoms with Crippen LogP contribution in [-0.4, -0.2) is 104 Å². The SMILES string of the molecule is COC(=O)C1(C(=O)OC)C[C@@H]2CCCO[C@H]2[C@@]2(C)c3ccccc3N(C)[C@@H]12.COC(=O)C1(C(=O)OC)C[C@H]2CCCO[C@@H]2[C@]2(C)c3ccccc3N(C)[C@H]12. The van der Waals surface area contributed by atoms with Crippen LogP contribution in [0, 0.1) is 22.7 Å². The minimum Gasteiger partial charge on any atom is -0.468 e. The Morgan fingerprint density at radius 2 is 0.926 bits per heavy atom. The van der Waals surface area contributed by atoms with Gasteiger partial charge in [0.25, 0.3) is 0 Å². The van der Waals surface area contributed by atoms with E-state index in [1.54, 1.807) is 0 Å². The summed E-state index contributed by atoms with van der Waals surface area (Å²) in [4.78, 5) is 56.7. The molecule has 8 atom stereocenters. The number of carbonyl (C=O) groups excluding carboxylic acids is 4. The molecule has 4 fully saturated rings. The maximum Gasteiger partial charge on any atom is 0.325 e. The zero-order valence-electron chi connectivity index (χ0n) is 32.7. The van der Waals surface area contributed by atoms with E-state index in [2.05, 4.69) is 35.8 Å². The summed E-state index contributed by atoms with van der Waals surface area (Å²) in [5.41, 5.74) is 0.488. The van der Waals surface area contributed by atoms with Crippen LogP contribution in [0.2, 0.25) is 0 Å². The lowest BCUT2D eigenvalue weighted by molar-refractivity contribution is -0.190. The number of ether oxygens (including phenoxy) is 6. The Hall–Kier alpha value is -4.16. The fourth-order valence-electron chi connectivity index (χ4n) is 12.3. The van der Waals surface area contributed by atoms with Crippen LogP contribution in [0.4, 0.5) is 11.4 Å². The molecule has 2 saturated heterocycles. The van der Waals surface area contributed by atoms with E-state index in [-0.39, 0.29) is 24.0 Å². The minimum absolute atomic E-state index is 0.0511. The molecule has 6 aliphatic rings. The quantitative estimate of drug-likeness (QED) is 0.247. The number of methoxy groups -OCH3 is 4. The summed E-state index contributed by atoms with van der Waals surface area (Å²) in [6, 6.07) is 15.4. The molecule has 0 bridgehead atoms. The minimum atomic E-state index is -1.38. The van der Waals surface area contributed by atoms with Crippen LogP contribution >= 0.6 is 0 Å².